The van der Waals surface area contributed by atoms with Crippen molar-refractivity contribution in [3.05, 3.63) is 0 Å². The second kappa shape index (κ2) is 6.17. The van der Waals surface area contributed by atoms with Crippen LogP contribution in [0.3, 0.4) is 0 Å². The van der Waals surface area contributed by atoms with Crippen molar-refractivity contribution in [3.8, 4) is 0 Å². The Morgan fingerprint density at radius 3 is 2.82 bits per heavy atom. The molecule has 3 nitrogen and oxygen atoms in total. The van der Waals surface area contributed by atoms with Crippen LogP contribution in [0.2, 0.25) is 0 Å². The molecule has 1 heterocycles. The van der Waals surface area contributed by atoms with Crippen LogP contribution in [-0.4, -0.2) is 42.8 Å². The molecule has 2 N–H and O–H groups in total. The van der Waals surface area contributed by atoms with Gasteiger partial charge in [-0.15, -0.1) is 0 Å². The Morgan fingerprint density at radius 1 is 1.29 bits per heavy atom. The van der Waals surface area contributed by atoms with Crippen LogP contribution in [0.25, 0.3) is 0 Å². The van der Waals surface area contributed by atoms with Crippen molar-refractivity contribution in [1.29, 1.82) is 0 Å². The lowest BCUT2D eigenvalue weighted by atomic mass is 9.83. The highest BCUT2D eigenvalue weighted by molar-refractivity contribution is 4.85. The van der Waals surface area contributed by atoms with Crippen LogP contribution in [0.4, 0.5) is 0 Å². The van der Waals surface area contributed by atoms with Gasteiger partial charge in [0, 0.05) is 25.7 Å². The second-order valence-corrected chi connectivity index (χ2v) is 5.85. The van der Waals surface area contributed by atoms with Crippen LogP contribution >= 0.6 is 0 Å². The number of rotatable bonds is 3. The van der Waals surface area contributed by atoms with E-state index in [0.29, 0.717) is 12.6 Å². The van der Waals surface area contributed by atoms with Crippen molar-refractivity contribution >= 4 is 0 Å². The molecule has 0 aromatic heterocycles. The van der Waals surface area contributed by atoms with E-state index in [1.807, 2.05) is 0 Å². The smallest absolute Gasteiger partial charge is 0.0828 e. The first-order valence-electron chi connectivity index (χ1n) is 7.32. The Hall–Kier alpha value is -0.120. The molecule has 0 spiro atoms. The van der Waals surface area contributed by atoms with Crippen molar-refractivity contribution in [2.75, 3.05) is 19.6 Å². The molecule has 0 aromatic rings. The number of nitrogens with two attached hydrogens (primary N) is 1. The highest BCUT2D eigenvalue weighted by Crippen LogP contribution is 2.31. The van der Waals surface area contributed by atoms with E-state index in [9.17, 15) is 0 Å². The molecular formula is C14H28N2O. The molecule has 2 fully saturated rings. The molecule has 0 amide bonds. The van der Waals surface area contributed by atoms with Gasteiger partial charge < -0.3 is 10.5 Å². The van der Waals surface area contributed by atoms with Gasteiger partial charge >= 0.3 is 0 Å². The normalized spacial score (nSPS) is 40.4. The van der Waals surface area contributed by atoms with Crippen LogP contribution in [0.1, 0.15) is 46.0 Å². The van der Waals surface area contributed by atoms with Crippen LogP contribution in [0, 0.1) is 5.92 Å². The van der Waals surface area contributed by atoms with Crippen molar-refractivity contribution in [3.63, 3.8) is 0 Å². The fourth-order valence-corrected chi connectivity index (χ4v) is 3.47. The Labute approximate surface area is 106 Å². The lowest BCUT2D eigenvalue weighted by Crippen LogP contribution is -2.53. The Morgan fingerprint density at radius 2 is 2.12 bits per heavy atom. The number of nitrogens with zero attached hydrogens (tertiary/aromatic N) is 1. The first-order chi connectivity index (χ1) is 8.22. The maximum absolute atomic E-state index is 5.84. The highest BCUT2D eigenvalue weighted by Gasteiger charge is 2.31. The molecule has 1 aliphatic carbocycles. The fraction of sp³-hybridized carbons (Fsp3) is 1.00. The molecule has 3 heteroatoms. The van der Waals surface area contributed by atoms with E-state index in [1.54, 1.807) is 0 Å². The van der Waals surface area contributed by atoms with Crippen molar-refractivity contribution in [2.45, 2.75) is 64.2 Å². The lowest BCUT2D eigenvalue weighted by Gasteiger charge is -2.43. The van der Waals surface area contributed by atoms with Gasteiger partial charge in [-0.2, -0.15) is 0 Å². The monoisotopic (exact) mass is 240 g/mol. The molecule has 2 rings (SSSR count). The van der Waals surface area contributed by atoms with Gasteiger partial charge in [0.05, 0.1) is 12.2 Å². The standard InChI is InChI=1S/C14H28N2O/c1-3-12-5-4-6-13(7-12)16-9-11(2)17-14(8-15)10-16/h11-14H,3-10,15H2,1-2H3. The van der Waals surface area contributed by atoms with Gasteiger partial charge in [0.2, 0.25) is 0 Å². The van der Waals surface area contributed by atoms with E-state index >= 15 is 0 Å². The van der Waals surface area contributed by atoms with E-state index in [4.69, 9.17) is 10.5 Å². The Balaban J connectivity index is 1.91. The third-order valence-corrected chi connectivity index (χ3v) is 4.47. The first-order valence-corrected chi connectivity index (χ1v) is 7.32. The summed E-state index contributed by atoms with van der Waals surface area (Å²) in [5, 5.41) is 0. The summed E-state index contributed by atoms with van der Waals surface area (Å²) in [5.41, 5.74) is 5.76. The van der Waals surface area contributed by atoms with Crippen LogP contribution in [0.5, 0.6) is 0 Å². The molecule has 17 heavy (non-hydrogen) atoms. The quantitative estimate of drug-likeness (QED) is 0.820. The Bertz CT molecular complexity index is 234. The molecule has 2 aliphatic rings. The molecule has 4 unspecified atom stereocenters. The summed E-state index contributed by atoms with van der Waals surface area (Å²) in [7, 11) is 0. The van der Waals surface area contributed by atoms with E-state index in [-0.39, 0.29) is 6.10 Å². The van der Waals surface area contributed by atoms with Crippen molar-refractivity contribution in [1.82, 2.24) is 4.90 Å². The van der Waals surface area contributed by atoms with E-state index < -0.39 is 0 Å². The van der Waals surface area contributed by atoms with Crippen LogP contribution in [0.15, 0.2) is 0 Å². The van der Waals surface area contributed by atoms with E-state index in [2.05, 4.69) is 18.7 Å². The molecule has 0 radical (unpaired) electrons. The summed E-state index contributed by atoms with van der Waals surface area (Å²) in [6, 6.07) is 0.786. The minimum Gasteiger partial charge on any atom is -0.371 e. The molecule has 1 saturated heterocycles. The highest BCUT2D eigenvalue weighted by atomic mass is 16.5. The van der Waals surface area contributed by atoms with Gasteiger partial charge in [-0.05, 0) is 25.7 Å². The predicted molar refractivity (Wildman–Crippen MR) is 71.0 cm³/mol. The second-order valence-electron chi connectivity index (χ2n) is 5.85. The molecule has 100 valence electrons. The van der Waals surface area contributed by atoms with Gasteiger partial charge in [-0.3, -0.25) is 4.90 Å². The van der Waals surface area contributed by atoms with Crippen molar-refractivity contribution in [2.24, 2.45) is 11.7 Å². The van der Waals surface area contributed by atoms with Crippen molar-refractivity contribution < 1.29 is 4.74 Å². The molecule has 1 saturated carbocycles. The van der Waals surface area contributed by atoms with Crippen LogP contribution < -0.4 is 5.73 Å². The zero-order valence-electron chi connectivity index (χ0n) is 11.4. The average molecular weight is 240 g/mol. The average Bonchev–Trinajstić information content (AvgIpc) is 2.38. The summed E-state index contributed by atoms with van der Waals surface area (Å²) in [5.74, 6) is 0.947. The largest absolute Gasteiger partial charge is 0.371 e. The predicted octanol–water partition coefficient (Wildman–Crippen LogP) is 2.00. The maximum atomic E-state index is 5.84. The SMILES string of the molecule is CCC1CCCC(N2CC(C)OC(CN)C2)C1. The third-order valence-electron chi connectivity index (χ3n) is 4.47. The van der Waals surface area contributed by atoms with Crippen LogP contribution in [-0.2, 0) is 4.74 Å². The molecular weight excluding hydrogens is 212 g/mol. The Kier molecular flexibility index (Phi) is 4.83. The number of ether oxygens (including phenoxy) is 1. The van der Waals surface area contributed by atoms with E-state index in [1.165, 1.54) is 32.1 Å². The van der Waals surface area contributed by atoms with Gasteiger partial charge in [-0.25, -0.2) is 0 Å². The maximum Gasteiger partial charge on any atom is 0.0828 e. The lowest BCUT2D eigenvalue weighted by molar-refractivity contribution is -0.0898. The fourth-order valence-electron chi connectivity index (χ4n) is 3.47. The molecule has 0 bridgehead atoms. The number of hydrogen-bond acceptors (Lipinski definition) is 3. The molecule has 4 atom stereocenters. The summed E-state index contributed by atoms with van der Waals surface area (Å²) in [6.07, 6.45) is 7.55. The minimum absolute atomic E-state index is 0.251. The zero-order valence-corrected chi connectivity index (χ0v) is 11.4. The molecule has 1 aliphatic heterocycles. The summed E-state index contributed by atoms with van der Waals surface area (Å²) < 4.78 is 5.84. The summed E-state index contributed by atoms with van der Waals surface area (Å²) in [4.78, 5) is 2.65. The van der Waals surface area contributed by atoms with Gasteiger partial charge in [0.15, 0.2) is 0 Å². The van der Waals surface area contributed by atoms with Gasteiger partial charge in [-0.1, -0.05) is 26.2 Å². The van der Waals surface area contributed by atoms with E-state index in [0.717, 1.165) is 25.0 Å². The molecule has 0 aromatic carbocycles. The first kappa shape index (κ1) is 13.3. The number of morpholine rings is 1. The topological polar surface area (TPSA) is 38.5 Å². The third kappa shape index (κ3) is 3.43. The summed E-state index contributed by atoms with van der Waals surface area (Å²) in [6.45, 7) is 7.30. The van der Waals surface area contributed by atoms with Gasteiger partial charge in [0.1, 0.15) is 0 Å². The minimum atomic E-state index is 0.251. The van der Waals surface area contributed by atoms with Gasteiger partial charge in [0.25, 0.3) is 0 Å². The summed E-state index contributed by atoms with van der Waals surface area (Å²) >= 11 is 0. The zero-order chi connectivity index (χ0) is 12.3. The number of hydrogen-bond donors (Lipinski definition) is 1.